The van der Waals surface area contributed by atoms with Gasteiger partial charge in [0.25, 0.3) is 0 Å². The van der Waals surface area contributed by atoms with Gasteiger partial charge in [0.2, 0.25) is 0 Å². The zero-order valence-corrected chi connectivity index (χ0v) is 8.86. The second kappa shape index (κ2) is 4.82. The molecule has 2 aromatic rings. The summed E-state index contributed by atoms with van der Waals surface area (Å²) in [7, 11) is 0. The maximum absolute atomic E-state index is 13.2. The average molecular weight is 236 g/mol. The third-order valence-electron chi connectivity index (χ3n) is 2.24. The molecule has 0 radical (unpaired) electrons. The van der Waals surface area contributed by atoms with Crippen LogP contribution in [0.3, 0.4) is 0 Å². The molecule has 88 valence electrons. The molecule has 0 atom stereocenters. The second-order valence-electron chi connectivity index (χ2n) is 3.50. The first-order valence-electron chi connectivity index (χ1n) is 5.01. The van der Waals surface area contributed by atoms with Crippen molar-refractivity contribution in [1.29, 1.82) is 0 Å². The minimum atomic E-state index is -0.723. The molecule has 2 rings (SSSR count). The molecule has 2 aromatic carbocycles. The first kappa shape index (κ1) is 11.4. The number of phenols is 1. The van der Waals surface area contributed by atoms with Gasteiger partial charge in [0, 0.05) is 0 Å². The molecule has 0 aromatic heterocycles. The minimum Gasteiger partial charge on any atom is -0.505 e. The van der Waals surface area contributed by atoms with E-state index in [1.807, 2.05) is 0 Å². The molecule has 0 saturated carbocycles. The third kappa shape index (κ3) is 2.72. The highest BCUT2D eigenvalue weighted by Gasteiger charge is 2.04. The second-order valence-corrected chi connectivity index (χ2v) is 3.50. The predicted molar refractivity (Wildman–Crippen MR) is 58.8 cm³/mol. The van der Waals surface area contributed by atoms with Gasteiger partial charge in [-0.3, -0.25) is 0 Å². The highest BCUT2D eigenvalue weighted by molar-refractivity contribution is 5.29. The van der Waals surface area contributed by atoms with E-state index in [0.29, 0.717) is 5.56 Å². The molecule has 1 N–H and O–H groups in total. The van der Waals surface area contributed by atoms with Gasteiger partial charge >= 0.3 is 0 Å². The van der Waals surface area contributed by atoms with Crippen molar-refractivity contribution in [2.24, 2.45) is 0 Å². The van der Waals surface area contributed by atoms with Crippen molar-refractivity contribution in [3.05, 3.63) is 59.7 Å². The van der Waals surface area contributed by atoms with Gasteiger partial charge in [-0.05, 0) is 29.8 Å². The van der Waals surface area contributed by atoms with Crippen LogP contribution < -0.4 is 4.74 Å². The molecule has 17 heavy (non-hydrogen) atoms. The van der Waals surface area contributed by atoms with E-state index in [1.165, 1.54) is 24.3 Å². The summed E-state index contributed by atoms with van der Waals surface area (Å²) in [4.78, 5) is 0. The van der Waals surface area contributed by atoms with E-state index in [-0.39, 0.29) is 12.4 Å². The summed E-state index contributed by atoms with van der Waals surface area (Å²) in [6, 6.07) is 9.88. The number of rotatable bonds is 3. The lowest BCUT2D eigenvalue weighted by atomic mass is 10.2. The molecule has 0 spiro atoms. The molecule has 0 aliphatic rings. The van der Waals surface area contributed by atoms with Gasteiger partial charge in [0.1, 0.15) is 6.61 Å². The molecule has 0 heterocycles. The largest absolute Gasteiger partial charge is 0.505 e. The SMILES string of the molecule is Oc1ccc(COc2ccccc2F)cc1F. The number of hydrogen-bond acceptors (Lipinski definition) is 2. The Kier molecular flexibility index (Phi) is 3.23. The van der Waals surface area contributed by atoms with Gasteiger partial charge in [-0.25, -0.2) is 8.78 Å². The van der Waals surface area contributed by atoms with Crippen LogP contribution in [-0.4, -0.2) is 5.11 Å². The van der Waals surface area contributed by atoms with E-state index in [1.54, 1.807) is 12.1 Å². The lowest BCUT2D eigenvalue weighted by Gasteiger charge is -2.07. The summed E-state index contributed by atoms with van der Waals surface area (Å²) in [6.45, 7) is 0.0398. The molecular weight excluding hydrogens is 226 g/mol. The van der Waals surface area contributed by atoms with E-state index in [0.717, 1.165) is 6.07 Å². The van der Waals surface area contributed by atoms with Crippen LogP contribution in [0.4, 0.5) is 8.78 Å². The van der Waals surface area contributed by atoms with Gasteiger partial charge in [0.15, 0.2) is 23.1 Å². The smallest absolute Gasteiger partial charge is 0.165 e. The van der Waals surface area contributed by atoms with E-state index < -0.39 is 17.4 Å². The van der Waals surface area contributed by atoms with E-state index in [2.05, 4.69) is 0 Å². The average Bonchev–Trinajstić information content (AvgIpc) is 2.32. The Labute approximate surface area is 97.1 Å². The number of hydrogen-bond donors (Lipinski definition) is 1. The molecule has 0 bridgehead atoms. The van der Waals surface area contributed by atoms with Crippen molar-refractivity contribution < 1.29 is 18.6 Å². The van der Waals surface area contributed by atoms with Crippen LogP contribution in [0.25, 0.3) is 0 Å². The van der Waals surface area contributed by atoms with E-state index >= 15 is 0 Å². The molecule has 0 aliphatic heterocycles. The number of aromatic hydroxyl groups is 1. The number of benzene rings is 2. The van der Waals surface area contributed by atoms with Crippen molar-refractivity contribution in [2.75, 3.05) is 0 Å². The Morgan fingerprint density at radius 1 is 1.00 bits per heavy atom. The Morgan fingerprint density at radius 3 is 2.47 bits per heavy atom. The summed E-state index contributed by atoms with van der Waals surface area (Å²) in [5.74, 6) is -1.49. The van der Waals surface area contributed by atoms with Gasteiger partial charge in [-0.2, -0.15) is 0 Å². The Balaban J connectivity index is 2.08. The number of para-hydroxylation sites is 1. The number of halogens is 2. The van der Waals surface area contributed by atoms with Crippen LogP contribution in [0.5, 0.6) is 11.5 Å². The maximum Gasteiger partial charge on any atom is 0.165 e. The Morgan fingerprint density at radius 2 is 1.76 bits per heavy atom. The van der Waals surface area contributed by atoms with Crippen molar-refractivity contribution in [3.63, 3.8) is 0 Å². The van der Waals surface area contributed by atoms with Crippen LogP contribution in [0.2, 0.25) is 0 Å². The summed E-state index contributed by atoms with van der Waals surface area (Å²) in [6.07, 6.45) is 0. The number of ether oxygens (including phenoxy) is 1. The van der Waals surface area contributed by atoms with E-state index in [4.69, 9.17) is 9.84 Å². The van der Waals surface area contributed by atoms with Gasteiger partial charge in [-0.1, -0.05) is 18.2 Å². The van der Waals surface area contributed by atoms with Crippen molar-refractivity contribution >= 4 is 0 Å². The van der Waals surface area contributed by atoms with Crippen molar-refractivity contribution in [1.82, 2.24) is 0 Å². The summed E-state index contributed by atoms with van der Waals surface area (Å²) < 4.78 is 31.4. The zero-order chi connectivity index (χ0) is 12.3. The van der Waals surface area contributed by atoms with Crippen LogP contribution in [0.1, 0.15) is 5.56 Å². The van der Waals surface area contributed by atoms with Crippen LogP contribution in [0.15, 0.2) is 42.5 Å². The standard InChI is InChI=1S/C13H10F2O2/c14-10-3-1-2-4-13(10)17-8-9-5-6-12(16)11(15)7-9/h1-7,16H,8H2. The third-order valence-corrected chi connectivity index (χ3v) is 2.24. The fourth-order valence-electron chi connectivity index (χ4n) is 1.36. The Hall–Kier alpha value is -2.10. The molecular formula is C13H10F2O2. The molecule has 0 amide bonds. The molecule has 0 unspecified atom stereocenters. The first-order valence-corrected chi connectivity index (χ1v) is 5.01. The summed E-state index contributed by atoms with van der Waals surface area (Å²) in [5, 5.41) is 9.00. The van der Waals surface area contributed by atoms with Gasteiger partial charge in [-0.15, -0.1) is 0 Å². The highest BCUT2D eigenvalue weighted by atomic mass is 19.1. The molecule has 0 saturated heterocycles. The maximum atomic E-state index is 13.2. The van der Waals surface area contributed by atoms with Crippen LogP contribution in [-0.2, 0) is 6.61 Å². The summed E-state index contributed by atoms with van der Waals surface area (Å²) in [5.41, 5.74) is 0.517. The zero-order valence-electron chi connectivity index (χ0n) is 8.86. The fraction of sp³-hybridized carbons (Fsp3) is 0.0769. The van der Waals surface area contributed by atoms with Crippen molar-refractivity contribution in [3.8, 4) is 11.5 Å². The minimum absolute atomic E-state index is 0.0398. The van der Waals surface area contributed by atoms with Gasteiger partial charge < -0.3 is 9.84 Å². The first-order chi connectivity index (χ1) is 8.16. The lowest BCUT2D eigenvalue weighted by molar-refractivity contribution is 0.289. The normalized spacial score (nSPS) is 10.2. The predicted octanol–water partition coefficient (Wildman–Crippen LogP) is 3.25. The van der Waals surface area contributed by atoms with E-state index in [9.17, 15) is 8.78 Å². The molecule has 0 aliphatic carbocycles. The van der Waals surface area contributed by atoms with Crippen LogP contribution >= 0.6 is 0 Å². The molecule has 2 nitrogen and oxygen atoms in total. The van der Waals surface area contributed by atoms with Crippen LogP contribution in [0, 0.1) is 11.6 Å². The van der Waals surface area contributed by atoms with Gasteiger partial charge in [0.05, 0.1) is 0 Å². The molecule has 4 heteroatoms. The lowest BCUT2D eigenvalue weighted by Crippen LogP contribution is -1.97. The monoisotopic (exact) mass is 236 g/mol. The Bertz CT molecular complexity index is 527. The quantitative estimate of drug-likeness (QED) is 0.886. The number of phenolic OH excluding ortho intramolecular Hbond substituents is 1. The molecule has 0 fully saturated rings. The van der Waals surface area contributed by atoms with Crippen molar-refractivity contribution in [2.45, 2.75) is 6.61 Å². The summed E-state index contributed by atoms with van der Waals surface area (Å²) >= 11 is 0. The topological polar surface area (TPSA) is 29.5 Å². The fourth-order valence-corrected chi connectivity index (χ4v) is 1.36. The highest BCUT2D eigenvalue weighted by Crippen LogP contribution is 2.20.